The summed E-state index contributed by atoms with van der Waals surface area (Å²) < 4.78 is 36.2. The van der Waals surface area contributed by atoms with Crippen LogP contribution in [0.5, 0.6) is 0 Å². The van der Waals surface area contributed by atoms with Gasteiger partial charge in [-0.05, 0) is 24.6 Å². The molecule has 0 saturated carbocycles. The Hall–Kier alpha value is -1.15. The summed E-state index contributed by atoms with van der Waals surface area (Å²) >= 11 is 3.14. The number of benzene rings is 1. The van der Waals surface area contributed by atoms with Gasteiger partial charge in [-0.2, -0.15) is 13.2 Å². The molecule has 15 heavy (non-hydrogen) atoms. The third-order valence-corrected chi connectivity index (χ3v) is 2.21. The van der Waals surface area contributed by atoms with Crippen LogP contribution in [0.3, 0.4) is 0 Å². The van der Waals surface area contributed by atoms with Gasteiger partial charge in [-0.15, -0.1) is 0 Å². The van der Waals surface area contributed by atoms with E-state index in [4.69, 9.17) is 5.73 Å². The Labute approximate surface area is 93.6 Å². The van der Waals surface area contributed by atoms with Gasteiger partial charge in [-0.25, -0.2) is 0 Å². The summed E-state index contributed by atoms with van der Waals surface area (Å²) in [4.78, 5) is 0. The average Bonchev–Trinajstić information content (AvgIpc) is 2.07. The maximum absolute atomic E-state index is 11.9. The number of rotatable bonds is 0. The molecule has 1 rings (SSSR count). The van der Waals surface area contributed by atoms with Crippen molar-refractivity contribution in [3.63, 3.8) is 0 Å². The standard InChI is InChI=1S/C10H7BrF3N/c1-6-7(2-3-10(12,13)14)4-8(11)5-9(6)15/h4-5H,15H2,1H3. The molecule has 0 bridgehead atoms. The predicted octanol–water partition coefficient (Wildman–Crippen LogP) is 3.25. The largest absolute Gasteiger partial charge is 0.458 e. The van der Waals surface area contributed by atoms with E-state index in [2.05, 4.69) is 15.9 Å². The quantitative estimate of drug-likeness (QED) is 0.572. The lowest BCUT2D eigenvalue weighted by Crippen LogP contribution is -2.02. The van der Waals surface area contributed by atoms with Crippen LogP contribution in [-0.4, -0.2) is 6.18 Å². The lowest BCUT2D eigenvalue weighted by Gasteiger charge is -2.03. The number of halogens is 4. The van der Waals surface area contributed by atoms with Gasteiger partial charge in [0.25, 0.3) is 0 Å². The van der Waals surface area contributed by atoms with E-state index in [-0.39, 0.29) is 5.56 Å². The van der Waals surface area contributed by atoms with Crippen molar-refractivity contribution in [3.8, 4) is 11.8 Å². The molecule has 0 radical (unpaired) electrons. The number of hydrogen-bond donors (Lipinski definition) is 1. The fourth-order valence-electron chi connectivity index (χ4n) is 0.968. The molecule has 1 aromatic rings. The fraction of sp³-hybridized carbons (Fsp3) is 0.200. The first-order valence-corrected chi connectivity index (χ1v) is 4.74. The number of anilines is 1. The van der Waals surface area contributed by atoms with Crippen LogP contribution in [0.25, 0.3) is 0 Å². The van der Waals surface area contributed by atoms with Gasteiger partial charge in [0.05, 0.1) is 0 Å². The highest BCUT2D eigenvalue weighted by Gasteiger charge is 2.23. The summed E-state index contributed by atoms with van der Waals surface area (Å²) in [6, 6.07) is 3.12. The van der Waals surface area contributed by atoms with Gasteiger partial charge in [-0.3, -0.25) is 0 Å². The topological polar surface area (TPSA) is 26.0 Å². The summed E-state index contributed by atoms with van der Waals surface area (Å²) in [5.41, 5.74) is 6.82. The minimum Gasteiger partial charge on any atom is -0.398 e. The normalized spacial score (nSPS) is 10.7. The highest BCUT2D eigenvalue weighted by atomic mass is 79.9. The zero-order valence-electron chi connectivity index (χ0n) is 7.74. The molecule has 2 N–H and O–H groups in total. The first-order valence-electron chi connectivity index (χ1n) is 3.95. The molecule has 0 atom stereocenters. The van der Waals surface area contributed by atoms with Crippen molar-refractivity contribution in [1.29, 1.82) is 0 Å². The van der Waals surface area contributed by atoms with Crippen LogP contribution in [-0.2, 0) is 0 Å². The van der Waals surface area contributed by atoms with Gasteiger partial charge in [0.15, 0.2) is 0 Å². The maximum Gasteiger partial charge on any atom is 0.458 e. The van der Waals surface area contributed by atoms with E-state index in [0.29, 0.717) is 15.7 Å². The third kappa shape index (κ3) is 3.48. The van der Waals surface area contributed by atoms with Crippen molar-refractivity contribution >= 4 is 21.6 Å². The monoisotopic (exact) mass is 277 g/mol. The van der Waals surface area contributed by atoms with Gasteiger partial charge in [0.1, 0.15) is 0 Å². The molecule has 0 unspecified atom stereocenters. The van der Waals surface area contributed by atoms with Gasteiger partial charge < -0.3 is 5.73 Å². The Kier molecular flexibility index (Phi) is 3.30. The highest BCUT2D eigenvalue weighted by molar-refractivity contribution is 9.10. The van der Waals surface area contributed by atoms with Crippen LogP contribution in [0, 0.1) is 18.8 Å². The van der Waals surface area contributed by atoms with Crippen molar-refractivity contribution in [3.05, 3.63) is 27.7 Å². The summed E-state index contributed by atoms with van der Waals surface area (Å²) in [5.74, 6) is 3.26. The molecule has 80 valence electrons. The predicted molar refractivity (Wildman–Crippen MR) is 56.2 cm³/mol. The molecular weight excluding hydrogens is 271 g/mol. The van der Waals surface area contributed by atoms with Crippen LogP contribution >= 0.6 is 15.9 Å². The summed E-state index contributed by atoms with van der Waals surface area (Å²) in [6.07, 6.45) is -4.48. The smallest absolute Gasteiger partial charge is 0.398 e. The Balaban J connectivity index is 3.20. The fourth-order valence-corrected chi connectivity index (χ4v) is 1.44. The number of alkyl halides is 3. The van der Waals surface area contributed by atoms with Gasteiger partial charge in [-0.1, -0.05) is 21.9 Å². The SMILES string of the molecule is Cc1c(N)cc(Br)cc1C#CC(F)(F)F. The van der Waals surface area contributed by atoms with Crippen LogP contribution in [0.2, 0.25) is 0 Å². The maximum atomic E-state index is 11.9. The van der Waals surface area contributed by atoms with Crippen LogP contribution in [0.4, 0.5) is 18.9 Å². The molecule has 5 heteroatoms. The zero-order chi connectivity index (χ0) is 11.6. The van der Waals surface area contributed by atoms with E-state index in [9.17, 15) is 13.2 Å². The first kappa shape index (κ1) is 11.9. The lowest BCUT2D eigenvalue weighted by atomic mass is 10.1. The van der Waals surface area contributed by atoms with E-state index >= 15 is 0 Å². The molecule has 0 spiro atoms. The lowest BCUT2D eigenvalue weighted by molar-refractivity contribution is -0.0696. The molecule has 0 amide bonds. The van der Waals surface area contributed by atoms with E-state index in [1.807, 2.05) is 5.92 Å². The van der Waals surface area contributed by atoms with Crippen LogP contribution in [0.15, 0.2) is 16.6 Å². The van der Waals surface area contributed by atoms with Crippen molar-refractivity contribution in [2.24, 2.45) is 0 Å². The Bertz CT molecular complexity index is 440. The molecule has 0 aliphatic carbocycles. The minimum atomic E-state index is -4.48. The third-order valence-electron chi connectivity index (χ3n) is 1.75. The Morgan fingerprint density at radius 3 is 2.47 bits per heavy atom. The number of nitrogens with two attached hydrogens (primary N) is 1. The highest BCUT2D eigenvalue weighted by Crippen LogP contribution is 2.22. The van der Waals surface area contributed by atoms with E-state index in [1.54, 1.807) is 13.0 Å². The van der Waals surface area contributed by atoms with Crippen LogP contribution < -0.4 is 5.73 Å². The minimum absolute atomic E-state index is 0.277. The van der Waals surface area contributed by atoms with E-state index in [0.717, 1.165) is 0 Å². The van der Waals surface area contributed by atoms with Crippen molar-refractivity contribution < 1.29 is 13.2 Å². The molecule has 0 heterocycles. The number of nitrogen functional groups attached to an aromatic ring is 1. The molecule has 0 aromatic heterocycles. The summed E-state index contributed by atoms with van der Waals surface area (Å²) in [6.45, 7) is 1.63. The van der Waals surface area contributed by atoms with E-state index < -0.39 is 6.18 Å². The van der Waals surface area contributed by atoms with Crippen molar-refractivity contribution in [2.75, 3.05) is 5.73 Å². The molecule has 0 saturated heterocycles. The summed E-state index contributed by atoms with van der Waals surface area (Å²) in [5, 5.41) is 0. The molecule has 0 aliphatic heterocycles. The Morgan fingerprint density at radius 1 is 1.33 bits per heavy atom. The van der Waals surface area contributed by atoms with Gasteiger partial charge in [0.2, 0.25) is 0 Å². The van der Waals surface area contributed by atoms with Gasteiger partial charge in [0, 0.05) is 21.6 Å². The second-order valence-corrected chi connectivity index (χ2v) is 3.83. The molecule has 1 aromatic carbocycles. The Morgan fingerprint density at radius 2 is 1.93 bits per heavy atom. The zero-order valence-corrected chi connectivity index (χ0v) is 9.33. The molecule has 1 nitrogen and oxygen atoms in total. The second-order valence-electron chi connectivity index (χ2n) is 2.92. The first-order chi connectivity index (χ1) is 6.79. The van der Waals surface area contributed by atoms with Crippen LogP contribution in [0.1, 0.15) is 11.1 Å². The summed E-state index contributed by atoms with van der Waals surface area (Å²) in [7, 11) is 0. The molecule has 0 fully saturated rings. The van der Waals surface area contributed by atoms with Crippen molar-refractivity contribution in [1.82, 2.24) is 0 Å². The van der Waals surface area contributed by atoms with Crippen molar-refractivity contribution in [2.45, 2.75) is 13.1 Å². The van der Waals surface area contributed by atoms with Gasteiger partial charge >= 0.3 is 6.18 Å². The second kappa shape index (κ2) is 4.15. The number of hydrogen-bond acceptors (Lipinski definition) is 1. The molecule has 0 aliphatic rings. The average molecular weight is 278 g/mol. The molecular formula is C10H7BrF3N. The van der Waals surface area contributed by atoms with E-state index in [1.165, 1.54) is 12.0 Å².